The van der Waals surface area contributed by atoms with Gasteiger partial charge >= 0.3 is 0 Å². The van der Waals surface area contributed by atoms with Crippen molar-refractivity contribution in [1.29, 1.82) is 0 Å². The van der Waals surface area contributed by atoms with Gasteiger partial charge in [-0.05, 0) is 12.1 Å². The number of nitrogens with zero attached hydrogens (tertiary/aromatic N) is 1. The molecule has 1 aromatic rings. The van der Waals surface area contributed by atoms with E-state index < -0.39 is 0 Å². The number of nitrogens with one attached hydrogen (secondary N) is 1. The third-order valence-electron chi connectivity index (χ3n) is 3.10. The molecule has 2 heterocycles. The number of methoxy groups -OCH3 is 1. The quantitative estimate of drug-likeness (QED) is 0.773. The number of carbonyl (C=O) groups is 1. The molecule has 0 spiro atoms. The second-order valence-electron chi connectivity index (χ2n) is 3.99. The first-order valence-corrected chi connectivity index (χ1v) is 5.16. The van der Waals surface area contributed by atoms with Crippen molar-refractivity contribution in [2.24, 2.45) is 0 Å². The van der Waals surface area contributed by atoms with Gasteiger partial charge in [0.25, 0.3) is 5.91 Å². The third-order valence-corrected chi connectivity index (χ3v) is 3.10. The molecule has 1 N–H and O–H groups in total. The lowest BCUT2D eigenvalue weighted by molar-refractivity contribution is -0.110. The first-order chi connectivity index (χ1) is 7.72. The second-order valence-corrected chi connectivity index (χ2v) is 3.99. The minimum Gasteiger partial charge on any atom is -0.495 e. The first-order valence-electron chi connectivity index (χ1n) is 5.16. The zero-order valence-corrected chi connectivity index (χ0v) is 9.20. The summed E-state index contributed by atoms with van der Waals surface area (Å²) in [5.41, 5.74) is 3.61. The summed E-state index contributed by atoms with van der Waals surface area (Å²) in [4.78, 5) is 13.9. The Hall–Kier alpha value is -1.97. The normalized spacial score (nSPS) is 16.8. The van der Waals surface area contributed by atoms with Gasteiger partial charge in [-0.15, -0.1) is 0 Å². The summed E-state index contributed by atoms with van der Waals surface area (Å²) in [6, 6.07) is 3.88. The van der Waals surface area contributed by atoms with Crippen molar-refractivity contribution in [3.63, 3.8) is 0 Å². The number of hydrogen-bond donors (Lipinski definition) is 1. The largest absolute Gasteiger partial charge is 0.495 e. The van der Waals surface area contributed by atoms with Crippen LogP contribution in [0, 0.1) is 0 Å². The summed E-state index contributed by atoms with van der Waals surface area (Å²) in [5.74, 6) is 0.680. The topological polar surface area (TPSA) is 41.6 Å². The molecule has 1 amide bonds. The molecule has 1 aromatic carbocycles. The Balaban J connectivity index is 2.31. The summed E-state index contributed by atoms with van der Waals surface area (Å²) in [6.07, 6.45) is 1.95. The van der Waals surface area contributed by atoms with Crippen LogP contribution < -0.4 is 15.0 Å². The predicted molar refractivity (Wildman–Crippen MR) is 62.9 cm³/mol. The Bertz CT molecular complexity index is 520. The lowest BCUT2D eigenvalue weighted by Crippen LogP contribution is -2.22. The predicted octanol–water partition coefficient (Wildman–Crippen LogP) is 1.48. The summed E-state index contributed by atoms with van der Waals surface area (Å²) in [5, 5.41) is 2.86. The fourth-order valence-corrected chi connectivity index (χ4v) is 2.27. The maximum Gasteiger partial charge on any atom is 0.256 e. The van der Waals surface area contributed by atoms with E-state index in [-0.39, 0.29) is 5.91 Å². The highest BCUT2D eigenvalue weighted by Crippen LogP contribution is 2.46. The minimum atomic E-state index is -0.0335. The van der Waals surface area contributed by atoms with E-state index in [9.17, 15) is 4.79 Å². The summed E-state index contributed by atoms with van der Waals surface area (Å²) in [7, 11) is 3.62. The number of carbonyl (C=O) groups excluding carboxylic acids is 1. The summed E-state index contributed by atoms with van der Waals surface area (Å²) in [6.45, 7) is 0.765. The Kier molecular flexibility index (Phi) is 1.74. The van der Waals surface area contributed by atoms with Gasteiger partial charge in [0.05, 0.1) is 12.8 Å². The Morgan fingerprint density at radius 1 is 1.44 bits per heavy atom. The van der Waals surface area contributed by atoms with Gasteiger partial charge < -0.3 is 15.0 Å². The summed E-state index contributed by atoms with van der Waals surface area (Å²) >= 11 is 0. The van der Waals surface area contributed by atoms with Gasteiger partial charge in [-0.1, -0.05) is 6.08 Å². The van der Waals surface area contributed by atoms with E-state index in [4.69, 9.17) is 4.74 Å². The fraction of sp³-hybridized carbons (Fsp3) is 0.250. The SMILES string of the molecule is COc1ccc2c3c1NC(=O)C3=CCN2C. The van der Waals surface area contributed by atoms with Crippen LogP contribution in [0.5, 0.6) is 5.75 Å². The van der Waals surface area contributed by atoms with E-state index in [1.807, 2.05) is 25.3 Å². The van der Waals surface area contributed by atoms with E-state index >= 15 is 0 Å². The van der Waals surface area contributed by atoms with Gasteiger partial charge in [0, 0.05) is 30.4 Å². The molecule has 0 radical (unpaired) electrons. The van der Waals surface area contributed by atoms with Gasteiger partial charge in [-0.3, -0.25) is 4.79 Å². The number of benzene rings is 1. The lowest BCUT2D eigenvalue weighted by atomic mass is 10.00. The highest BCUT2D eigenvalue weighted by atomic mass is 16.5. The molecule has 0 saturated carbocycles. The molecule has 2 aliphatic rings. The van der Waals surface area contributed by atoms with E-state index in [0.29, 0.717) is 5.75 Å². The Morgan fingerprint density at radius 2 is 2.25 bits per heavy atom. The fourth-order valence-electron chi connectivity index (χ4n) is 2.27. The number of rotatable bonds is 1. The number of ether oxygens (including phenoxy) is 1. The minimum absolute atomic E-state index is 0.0335. The Morgan fingerprint density at radius 3 is 3.00 bits per heavy atom. The van der Waals surface area contributed by atoms with Crippen LogP contribution in [0.15, 0.2) is 18.2 Å². The van der Waals surface area contributed by atoms with Gasteiger partial charge in [0.2, 0.25) is 0 Å². The molecule has 0 bridgehead atoms. The maximum absolute atomic E-state index is 11.8. The summed E-state index contributed by atoms with van der Waals surface area (Å²) < 4.78 is 5.25. The molecule has 0 aliphatic carbocycles. The molecule has 2 aliphatic heterocycles. The molecular weight excluding hydrogens is 204 g/mol. The molecule has 3 rings (SSSR count). The zero-order chi connectivity index (χ0) is 11.3. The van der Waals surface area contributed by atoms with Crippen LogP contribution >= 0.6 is 0 Å². The number of hydrogen-bond acceptors (Lipinski definition) is 3. The van der Waals surface area contributed by atoms with Crippen LogP contribution in [-0.4, -0.2) is 26.6 Å². The van der Waals surface area contributed by atoms with Crippen LogP contribution in [-0.2, 0) is 4.79 Å². The van der Waals surface area contributed by atoms with Crippen molar-refractivity contribution in [2.45, 2.75) is 0 Å². The molecule has 82 valence electrons. The lowest BCUT2D eigenvalue weighted by Gasteiger charge is -2.25. The number of likely N-dealkylation sites (N-methyl/N-ethyl adjacent to an activating group) is 1. The zero-order valence-electron chi connectivity index (χ0n) is 9.20. The van der Waals surface area contributed by atoms with Crippen LogP contribution in [0.4, 0.5) is 11.4 Å². The van der Waals surface area contributed by atoms with Gasteiger partial charge in [0.1, 0.15) is 5.75 Å². The number of anilines is 2. The smallest absolute Gasteiger partial charge is 0.256 e. The van der Waals surface area contributed by atoms with Crippen molar-refractivity contribution in [3.8, 4) is 5.75 Å². The highest BCUT2D eigenvalue weighted by Gasteiger charge is 2.32. The molecule has 0 aromatic heterocycles. The molecule has 16 heavy (non-hydrogen) atoms. The van der Waals surface area contributed by atoms with Crippen LogP contribution in [0.3, 0.4) is 0 Å². The van der Waals surface area contributed by atoms with Crippen molar-refractivity contribution in [3.05, 3.63) is 23.8 Å². The van der Waals surface area contributed by atoms with Crippen molar-refractivity contribution in [2.75, 3.05) is 30.9 Å². The average molecular weight is 216 g/mol. The molecule has 0 saturated heterocycles. The molecule has 4 nitrogen and oxygen atoms in total. The van der Waals surface area contributed by atoms with Crippen LogP contribution in [0.1, 0.15) is 5.56 Å². The Labute approximate surface area is 93.5 Å². The van der Waals surface area contributed by atoms with E-state index in [2.05, 4.69) is 10.2 Å². The second kappa shape index (κ2) is 3.01. The molecule has 0 fully saturated rings. The van der Waals surface area contributed by atoms with Crippen LogP contribution in [0.2, 0.25) is 0 Å². The van der Waals surface area contributed by atoms with Gasteiger partial charge in [0.15, 0.2) is 0 Å². The van der Waals surface area contributed by atoms with Crippen LogP contribution in [0.25, 0.3) is 5.57 Å². The van der Waals surface area contributed by atoms with E-state index in [0.717, 1.165) is 29.1 Å². The maximum atomic E-state index is 11.8. The third kappa shape index (κ3) is 1.01. The standard InChI is InChI=1S/C12H12N2O2/c1-14-6-5-7-10-8(14)3-4-9(16-2)11(10)13-12(7)15/h3-5H,6H2,1-2H3,(H,13,15). The van der Waals surface area contributed by atoms with Crippen molar-refractivity contribution >= 4 is 22.9 Å². The molecule has 0 unspecified atom stereocenters. The average Bonchev–Trinajstić information content (AvgIpc) is 2.62. The van der Waals surface area contributed by atoms with Gasteiger partial charge in [-0.25, -0.2) is 0 Å². The van der Waals surface area contributed by atoms with E-state index in [1.165, 1.54) is 0 Å². The number of amides is 1. The van der Waals surface area contributed by atoms with Crippen molar-refractivity contribution in [1.82, 2.24) is 0 Å². The van der Waals surface area contributed by atoms with Crippen molar-refractivity contribution < 1.29 is 9.53 Å². The first kappa shape index (κ1) is 9.27. The molecular formula is C12H12N2O2. The van der Waals surface area contributed by atoms with E-state index in [1.54, 1.807) is 7.11 Å². The monoisotopic (exact) mass is 216 g/mol. The molecule has 0 atom stereocenters. The molecule has 4 heteroatoms. The highest BCUT2D eigenvalue weighted by molar-refractivity contribution is 6.34. The van der Waals surface area contributed by atoms with Gasteiger partial charge in [-0.2, -0.15) is 0 Å².